The Hall–Kier alpha value is -0.170. The average Bonchev–Trinajstić information content (AvgIpc) is 2.41. The molecule has 2 N–H and O–H groups in total. The van der Waals surface area contributed by atoms with Crippen LogP contribution in [0.2, 0.25) is 0 Å². The van der Waals surface area contributed by atoms with Gasteiger partial charge in [-0.05, 0) is 45.3 Å². The highest BCUT2D eigenvalue weighted by atomic mass is 32.2. The molecule has 0 saturated carbocycles. The Bertz CT molecular complexity index is 333. The molecule has 0 aliphatic carbocycles. The first-order valence-electron chi connectivity index (χ1n) is 7.10. The van der Waals surface area contributed by atoms with Crippen LogP contribution >= 0.6 is 0 Å². The highest BCUT2D eigenvalue weighted by Crippen LogP contribution is 2.11. The Balaban J connectivity index is 1.70. The van der Waals surface area contributed by atoms with E-state index in [-0.39, 0.29) is 5.25 Å². The zero-order valence-electron chi connectivity index (χ0n) is 11.0. The first-order chi connectivity index (χ1) is 8.68. The number of hydrogen-bond donors (Lipinski definition) is 2. The Kier molecular flexibility index (Phi) is 5.41. The Labute approximate surface area is 110 Å². The van der Waals surface area contributed by atoms with Crippen molar-refractivity contribution < 1.29 is 8.42 Å². The highest BCUT2D eigenvalue weighted by molar-refractivity contribution is 7.90. The molecule has 2 heterocycles. The van der Waals surface area contributed by atoms with Crippen molar-refractivity contribution in [3.8, 4) is 0 Å². The molecule has 0 aromatic carbocycles. The first-order valence-corrected chi connectivity index (χ1v) is 8.65. The molecule has 1 atom stereocenters. The molecule has 5 nitrogen and oxygen atoms in total. The van der Waals surface area contributed by atoms with Crippen LogP contribution in [0.5, 0.6) is 0 Å². The molecule has 0 aromatic heterocycles. The van der Waals surface area contributed by atoms with Crippen molar-refractivity contribution in [2.45, 2.75) is 37.4 Å². The third-order valence-corrected chi connectivity index (χ3v) is 5.76. The molecule has 2 saturated heterocycles. The van der Waals surface area contributed by atoms with Crippen LogP contribution in [-0.2, 0) is 10.0 Å². The van der Waals surface area contributed by atoms with Gasteiger partial charge in [0.15, 0.2) is 0 Å². The molecule has 6 heteroatoms. The van der Waals surface area contributed by atoms with E-state index in [2.05, 4.69) is 14.9 Å². The topological polar surface area (TPSA) is 61.4 Å². The van der Waals surface area contributed by atoms with Crippen molar-refractivity contribution in [1.29, 1.82) is 0 Å². The second-order valence-corrected chi connectivity index (χ2v) is 7.36. The maximum absolute atomic E-state index is 12.1. The van der Waals surface area contributed by atoms with Crippen molar-refractivity contribution in [3.05, 3.63) is 0 Å². The normalized spacial score (nSPS) is 27.2. The van der Waals surface area contributed by atoms with Gasteiger partial charge in [-0.15, -0.1) is 0 Å². The molecular weight excluding hydrogens is 250 g/mol. The zero-order chi connectivity index (χ0) is 12.8. The molecule has 0 amide bonds. The molecule has 106 valence electrons. The molecule has 2 rings (SSSR count). The van der Waals surface area contributed by atoms with E-state index < -0.39 is 10.0 Å². The summed E-state index contributed by atoms with van der Waals surface area (Å²) in [6.07, 6.45) is 5.55. The molecule has 0 bridgehead atoms. The summed E-state index contributed by atoms with van der Waals surface area (Å²) in [6.45, 7) is 5.18. The summed E-state index contributed by atoms with van der Waals surface area (Å²) in [5.41, 5.74) is 0. The van der Waals surface area contributed by atoms with E-state index >= 15 is 0 Å². The van der Waals surface area contributed by atoms with E-state index in [1.54, 1.807) is 0 Å². The number of likely N-dealkylation sites (tertiary alicyclic amines) is 1. The maximum Gasteiger partial charge on any atom is 0.215 e. The number of hydrogen-bond acceptors (Lipinski definition) is 4. The van der Waals surface area contributed by atoms with Crippen molar-refractivity contribution in [2.75, 3.05) is 39.3 Å². The average molecular weight is 275 g/mol. The summed E-state index contributed by atoms with van der Waals surface area (Å²) in [4.78, 5) is 2.35. The van der Waals surface area contributed by atoms with Gasteiger partial charge in [0.25, 0.3) is 0 Å². The van der Waals surface area contributed by atoms with E-state index in [9.17, 15) is 8.42 Å². The molecular formula is C12H25N3O2S. The molecule has 18 heavy (non-hydrogen) atoms. The van der Waals surface area contributed by atoms with Gasteiger partial charge in [-0.1, -0.05) is 6.42 Å². The Morgan fingerprint density at radius 3 is 2.61 bits per heavy atom. The van der Waals surface area contributed by atoms with Crippen LogP contribution < -0.4 is 10.0 Å². The standard InChI is InChI=1S/C12H25N3O2S/c16-18(17,12-5-4-6-13-11-12)14-7-10-15-8-2-1-3-9-15/h12-14H,1-11H2. The quantitative estimate of drug-likeness (QED) is 0.749. The lowest BCUT2D eigenvalue weighted by Gasteiger charge is -2.27. The molecule has 2 aliphatic heterocycles. The van der Waals surface area contributed by atoms with Crippen molar-refractivity contribution in [2.24, 2.45) is 0 Å². The van der Waals surface area contributed by atoms with Crippen LogP contribution in [0, 0.1) is 0 Å². The predicted molar refractivity (Wildman–Crippen MR) is 73.1 cm³/mol. The summed E-state index contributed by atoms with van der Waals surface area (Å²) in [6, 6.07) is 0. The summed E-state index contributed by atoms with van der Waals surface area (Å²) < 4.78 is 26.9. The Morgan fingerprint density at radius 2 is 1.94 bits per heavy atom. The van der Waals surface area contributed by atoms with Crippen LogP contribution in [0.3, 0.4) is 0 Å². The second-order valence-electron chi connectivity index (χ2n) is 5.31. The third-order valence-electron chi connectivity index (χ3n) is 3.87. The predicted octanol–water partition coefficient (Wildman–Crippen LogP) is 0.144. The zero-order valence-corrected chi connectivity index (χ0v) is 11.8. The van der Waals surface area contributed by atoms with Gasteiger partial charge in [0.05, 0.1) is 5.25 Å². The van der Waals surface area contributed by atoms with E-state index in [1.807, 2.05) is 0 Å². The summed E-state index contributed by atoms with van der Waals surface area (Å²) in [5, 5.41) is 2.91. The van der Waals surface area contributed by atoms with Crippen molar-refractivity contribution in [3.63, 3.8) is 0 Å². The number of rotatable bonds is 5. The SMILES string of the molecule is O=S(=O)(NCCN1CCCCC1)C1CCCNC1. The fourth-order valence-electron chi connectivity index (χ4n) is 2.73. The van der Waals surface area contributed by atoms with Crippen LogP contribution in [0.4, 0.5) is 0 Å². The first kappa shape index (κ1) is 14.2. The van der Waals surface area contributed by atoms with Crippen molar-refractivity contribution in [1.82, 2.24) is 14.9 Å². The lowest BCUT2D eigenvalue weighted by atomic mass is 10.1. The maximum atomic E-state index is 12.1. The van der Waals surface area contributed by atoms with Gasteiger partial charge >= 0.3 is 0 Å². The number of piperidine rings is 2. The van der Waals surface area contributed by atoms with Crippen LogP contribution in [0.1, 0.15) is 32.1 Å². The summed E-state index contributed by atoms with van der Waals surface area (Å²) in [7, 11) is -3.12. The fourth-order valence-corrected chi connectivity index (χ4v) is 4.16. The van der Waals surface area contributed by atoms with E-state index in [1.165, 1.54) is 19.3 Å². The molecule has 0 spiro atoms. The van der Waals surface area contributed by atoms with E-state index in [0.29, 0.717) is 13.1 Å². The van der Waals surface area contributed by atoms with Crippen LogP contribution in [0.25, 0.3) is 0 Å². The smallest absolute Gasteiger partial charge is 0.215 e. The van der Waals surface area contributed by atoms with E-state index in [4.69, 9.17) is 0 Å². The second kappa shape index (κ2) is 6.84. The van der Waals surface area contributed by atoms with Gasteiger partial charge in [-0.25, -0.2) is 13.1 Å². The minimum absolute atomic E-state index is 0.243. The highest BCUT2D eigenvalue weighted by Gasteiger charge is 2.26. The molecule has 2 fully saturated rings. The van der Waals surface area contributed by atoms with Crippen LogP contribution in [0.15, 0.2) is 0 Å². The van der Waals surface area contributed by atoms with E-state index in [0.717, 1.165) is 39.0 Å². The summed E-state index contributed by atoms with van der Waals surface area (Å²) >= 11 is 0. The molecule has 0 aromatic rings. The van der Waals surface area contributed by atoms with Gasteiger partial charge in [0.2, 0.25) is 10.0 Å². The van der Waals surface area contributed by atoms with Gasteiger partial charge in [-0.2, -0.15) is 0 Å². The van der Waals surface area contributed by atoms with Gasteiger partial charge in [-0.3, -0.25) is 0 Å². The minimum Gasteiger partial charge on any atom is -0.315 e. The lowest BCUT2D eigenvalue weighted by molar-refractivity contribution is 0.232. The largest absolute Gasteiger partial charge is 0.315 e. The van der Waals surface area contributed by atoms with Gasteiger partial charge in [0.1, 0.15) is 0 Å². The minimum atomic E-state index is -3.12. The van der Waals surface area contributed by atoms with Gasteiger partial charge < -0.3 is 10.2 Å². The monoisotopic (exact) mass is 275 g/mol. The van der Waals surface area contributed by atoms with Crippen LogP contribution in [-0.4, -0.2) is 57.8 Å². The van der Waals surface area contributed by atoms with Gasteiger partial charge in [0, 0.05) is 19.6 Å². The molecule has 1 unspecified atom stereocenters. The molecule has 2 aliphatic rings. The fraction of sp³-hybridized carbons (Fsp3) is 1.00. The number of nitrogens with one attached hydrogen (secondary N) is 2. The molecule has 0 radical (unpaired) electrons. The lowest BCUT2D eigenvalue weighted by Crippen LogP contribution is -2.46. The Morgan fingerprint density at radius 1 is 1.17 bits per heavy atom. The summed E-state index contributed by atoms with van der Waals surface area (Å²) in [5.74, 6) is 0. The number of sulfonamides is 1. The third kappa shape index (κ3) is 4.19. The van der Waals surface area contributed by atoms with Crippen molar-refractivity contribution >= 4 is 10.0 Å². The number of nitrogens with zero attached hydrogens (tertiary/aromatic N) is 1.